The van der Waals surface area contributed by atoms with Gasteiger partial charge in [0.2, 0.25) is 5.78 Å². The number of esters is 1. The maximum Gasteiger partial charge on any atom is 0.326 e. The van der Waals surface area contributed by atoms with Crippen LogP contribution in [-0.4, -0.2) is 32.5 Å². The molecule has 33 heavy (non-hydrogen) atoms. The number of ether oxygens (including phenoxy) is 1. The maximum atomic E-state index is 12.7. The molecule has 4 aromatic rings. The highest BCUT2D eigenvalue weighted by Crippen LogP contribution is 2.17. The number of benzene rings is 2. The van der Waals surface area contributed by atoms with E-state index in [1.54, 1.807) is 24.3 Å². The molecule has 0 saturated heterocycles. The number of aryl methyl sites for hydroxylation is 2. The standard InChI is InChI=1S/C26H25N3O4/c1-18-14-22(19(2)29(18)13-12-20-8-4-3-5-9-20)24(30)16-33-25(31)15-28-17-27-23-11-7-6-10-21(23)26(28)32/h3-11,14,17H,12-13,15-16H2,1-2H3. The van der Waals surface area contributed by atoms with Gasteiger partial charge >= 0.3 is 5.97 Å². The molecule has 7 heteroatoms. The van der Waals surface area contributed by atoms with Crippen LogP contribution in [-0.2, 0) is 29.0 Å². The van der Waals surface area contributed by atoms with E-state index in [1.165, 1.54) is 16.5 Å². The van der Waals surface area contributed by atoms with Gasteiger partial charge in [0.05, 0.1) is 17.2 Å². The first-order chi connectivity index (χ1) is 15.9. The minimum Gasteiger partial charge on any atom is -0.456 e. The fraction of sp³-hybridized carbons (Fsp3) is 0.231. The van der Waals surface area contributed by atoms with Crippen molar-refractivity contribution in [1.82, 2.24) is 14.1 Å². The topological polar surface area (TPSA) is 83.2 Å². The Balaban J connectivity index is 1.38. The summed E-state index contributed by atoms with van der Waals surface area (Å²) in [6, 6.07) is 18.9. The number of hydrogen-bond acceptors (Lipinski definition) is 5. The highest BCUT2D eigenvalue weighted by atomic mass is 16.5. The number of ketones is 1. The lowest BCUT2D eigenvalue weighted by atomic mass is 10.1. The molecular weight excluding hydrogens is 418 g/mol. The minimum atomic E-state index is -0.666. The van der Waals surface area contributed by atoms with E-state index in [0.29, 0.717) is 16.5 Å². The second-order valence-corrected chi connectivity index (χ2v) is 7.95. The molecule has 0 atom stereocenters. The Morgan fingerprint density at radius 1 is 1.00 bits per heavy atom. The molecule has 0 fully saturated rings. The van der Waals surface area contributed by atoms with E-state index in [2.05, 4.69) is 21.7 Å². The molecule has 0 saturated carbocycles. The number of carbonyl (C=O) groups excluding carboxylic acids is 2. The zero-order valence-electron chi connectivity index (χ0n) is 18.7. The molecular formula is C26H25N3O4. The summed E-state index contributed by atoms with van der Waals surface area (Å²) in [7, 11) is 0. The van der Waals surface area contributed by atoms with E-state index in [4.69, 9.17) is 4.74 Å². The Morgan fingerprint density at radius 2 is 1.73 bits per heavy atom. The van der Waals surface area contributed by atoms with Gasteiger partial charge in [0.25, 0.3) is 5.56 Å². The highest BCUT2D eigenvalue weighted by Gasteiger charge is 2.18. The second kappa shape index (κ2) is 9.65. The van der Waals surface area contributed by atoms with Crippen LogP contribution >= 0.6 is 0 Å². The molecule has 7 nitrogen and oxygen atoms in total. The Bertz CT molecular complexity index is 1370. The SMILES string of the molecule is Cc1cc(C(=O)COC(=O)Cn2cnc3ccccc3c2=O)c(C)n1CCc1ccccc1. The fourth-order valence-electron chi connectivity index (χ4n) is 3.94. The number of aromatic nitrogens is 3. The summed E-state index contributed by atoms with van der Waals surface area (Å²) in [4.78, 5) is 41.7. The van der Waals surface area contributed by atoms with Gasteiger partial charge in [-0.3, -0.25) is 19.0 Å². The number of Topliss-reactive ketones (excluding diaryl/α,β-unsaturated/α-hetero) is 1. The molecule has 0 aliphatic carbocycles. The molecule has 0 amide bonds. The van der Waals surface area contributed by atoms with Gasteiger partial charge in [0, 0.05) is 23.5 Å². The maximum absolute atomic E-state index is 12.7. The third kappa shape index (κ3) is 4.92. The molecule has 0 radical (unpaired) electrons. The number of hydrogen-bond donors (Lipinski definition) is 0. The Labute approximate surface area is 191 Å². The summed E-state index contributed by atoms with van der Waals surface area (Å²) in [5, 5.41) is 0.423. The van der Waals surface area contributed by atoms with Crippen molar-refractivity contribution in [1.29, 1.82) is 0 Å². The molecule has 0 aliphatic heterocycles. The van der Waals surface area contributed by atoms with E-state index in [1.807, 2.05) is 38.1 Å². The summed E-state index contributed by atoms with van der Waals surface area (Å²) in [6.45, 7) is 3.93. The first-order valence-corrected chi connectivity index (χ1v) is 10.8. The summed E-state index contributed by atoms with van der Waals surface area (Å²) in [5.41, 5.74) is 3.82. The second-order valence-electron chi connectivity index (χ2n) is 7.95. The van der Waals surface area contributed by atoms with Crippen LogP contribution in [0, 0.1) is 13.8 Å². The van der Waals surface area contributed by atoms with Crippen molar-refractivity contribution in [2.75, 3.05) is 6.61 Å². The molecule has 0 unspecified atom stereocenters. The van der Waals surface area contributed by atoms with Gasteiger partial charge in [0.1, 0.15) is 6.54 Å². The zero-order chi connectivity index (χ0) is 23.4. The molecule has 0 bridgehead atoms. The van der Waals surface area contributed by atoms with E-state index in [0.717, 1.165) is 24.4 Å². The number of fused-ring (bicyclic) bond motifs is 1. The van der Waals surface area contributed by atoms with Crippen molar-refractivity contribution in [2.45, 2.75) is 33.4 Å². The van der Waals surface area contributed by atoms with E-state index in [9.17, 15) is 14.4 Å². The Morgan fingerprint density at radius 3 is 2.52 bits per heavy atom. The molecule has 4 rings (SSSR count). The lowest BCUT2D eigenvalue weighted by Crippen LogP contribution is -2.26. The zero-order valence-corrected chi connectivity index (χ0v) is 18.7. The summed E-state index contributed by atoms with van der Waals surface area (Å²) in [6.07, 6.45) is 2.17. The van der Waals surface area contributed by atoms with Crippen LogP contribution in [0.4, 0.5) is 0 Å². The number of carbonyl (C=O) groups is 2. The van der Waals surface area contributed by atoms with Gasteiger partial charge in [-0.05, 0) is 44.0 Å². The Hall–Kier alpha value is -4.00. The van der Waals surface area contributed by atoms with Gasteiger partial charge < -0.3 is 9.30 Å². The van der Waals surface area contributed by atoms with Crippen LogP contribution in [0.2, 0.25) is 0 Å². The number of nitrogens with zero attached hydrogens (tertiary/aromatic N) is 3. The summed E-state index contributed by atoms with van der Waals surface area (Å²) in [5.74, 6) is -0.938. The Kier molecular flexibility index (Phi) is 6.49. The van der Waals surface area contributed by atoms with Crippen LogP contribution in [0.3, 0.4) is 0 Å². The fourth-order valence-corrected chi connectivity index (χ4v) is 3.94. The predicted octanol–water partition coefficient (Wildman–Crippen LogP) is 3.48. The third-order valence-corrected chi connectivity index (χ3v) is 5.74. The first-order valence-electron chi connectivity index (χ1n) is 10.8. The van der Waals surface area contributed by atoms with Crippen molar-refractivity contribution < 1.29 is 14.3 Å². The molecule has 0 spiro atoms. The van der Waals surface area contributed by atoms with E-state index < -0.39 is 5.97 Å². The van der Waals surface area contributed by atoms with Crippen LogP contribution in [0.15, 0.2) is 71.8 Å². The van der Waals surface area contributed by atoms with Crippen molar-refractivity contribution in [2.24, 2.45) is 0 Å². The van der Waals surface area contributed by atoms with Gasteiger partial charge in [-0.2, -0.15) is 0 Å². The molecule has 168 valence electrons. The quantitative estimate of drug-likeness (QED) is 0.308. The van der Waals surface area contributed by atoms with Crippen molar-refractivity contribution >= 4 is 22.7 Å². The summed E-state index contributed by atoms with van der Waals surface area (Å²) >= 11 is 0. The van der Waals surface area contributed by atoms with E-state index in [-0.39, 0.29) is 24.5 Å². The van der Waals surface area contributed by atoms with Gasteiger partial charge in [-0.25, -0.2) is 4.98 Å². The smallest absolute Gasteiger partial charge is 0.326 e. The molecule has 2 aromatic carbocycles. The minimum absolute atomic E-state index is 0.272. The van der Waals surface area contributed by atoms with Crippen molar-refractivity contribution in [3.63, 3.8) is 0 Å². The van der Waals surface area contributed by atoms with Crippen LogP contribution < -0.4 is 5.56 Å². The predicted molar refractivity (Wildman–Crippen MR) is 125 cm³/mol. The number of para-hydroxylation sites is 1. The summed E-state index contributed by atoms with van der Waals surface area (Å²) < 4.78 is 8.46. The van der Waals surface area contributed by atoms with Crippen molar-refractivity contribution in [3.8, 4) is 0 Å². The largest absolute Gasteiger partial charge is 0.456 e. The van der Waals surface area contributed by atoms with Gasteiger partial charge in [-0.15, -0.1) is 0 Å². The molecule has 2 heterocycles. The van der Waals surface area contributed by atoms with Crippen molar-refractivity contribution in [3.05, 3.63) is 99.9 Å². The average Bonchev–Trinajstić information content (AvgIpc) is 3.12. The molecule has 0 N–H and O–H groups in total. The lowest BCUT2D eigenvalue weighted by molar-refractivity contribution is -0.143. The van der Waals surface area contributed by atoms with Crippen LogP contribution in [0.25, 0.3) is 10.9 Å². The lowest BCUT2D eigenvalue weighted by Gasteiger charge is -2.10. The molecule has 2 aromatic heterocycles. The van der Waals surface area contributed by atoms with E-state index >= 15 is 0 Å². The molecule has 0 aliphatic rings. The first kappa shape index (κ1) is 22.2. The average molecular weight is 444 g/mol. The van der Waals surface area contributed by atoms with Gasteiger partial charge in [-0.1, -0.05) is 42.5 Å². The normalized spacial score (nSPS) is 11.0. The highest BCUT2D eigenvalue weighted by molar-refractivity contribution is 5.99. The third-order valence-electron chi connectivity index (χ3n) is 5.74. The van der Waals surface area contributed by atoms with Gasteiger partial charge in [0.15, 0.2) is 6.61 Å². The van der Waals surface area contributed by atoms with Crippen LogP contribution in [0.5, 0.6) is 0 Å². The monoisotopic (exact) mass is 443 g/mol. The number of rotatable bonds is 8. The van der Waals surface area contributed by atoms with Crippen LogP contribution in [0.1, 0.15) is 27.3 Å².